The molecule has 2 rings (SSSR count). The van der Waals surface area contributed by atoms with Gasteiger partial charge in [0.05, 0.1) is 12.5 Å². The average molecular weight is 295 g/mol. The Hall–Kier alpha value is -1.26. The number of benzene rings is 1. The van der Waals surface area contributed by atoms with Gasteiger partial charge in [-0.25, -0.2) is 0 Å². The Morgan fingerprint density at radius 3 is 2.82 bits per heavy atom. The molecule has 0 saturated heterocycles. The fourth-order valence-electron chi connectivity index (χ4n) is 1.76. The monoisotopic (exact) mass is 294 g/mol. The number of hydrogen-bond acceptors (Lipinski definition) is 3. The molecule has 90 valence electrons. The molecular formula is C13H15BrN2O. The highest BCUT2D eigenvalue weighted by Crippen LogP contribution is 2.21. The van der Waals surface area contributed by atoms with Gasteiger partial charge in [0.15, 0.2) is 0 Å². The molecule has 3 nitrogen and oxygen atoms in total. The number of halogens is 1. The lowest BCUT2D eigenvalue weighted by Crippen LogP contribution is -2.17. The molecule has 0 saturated carbocycles. The van der Waals surface area contributed by atoms with Gasteiger partial charge in [-0.05, 0) is 36.9 Å². The van der Waals surface area contributed by atoms with Crippen LogP contribution in [-0.2, 0) is 13.1 Å². The summed E-state index contributed by atoms with van der Waals surface area (Å²) >= 11 is 3.54. The number of nitrogens with zero attached hydrogens (tertiary/aromatic N) is 1. The van der Waals surface area contributed by atoms with Crippen LogP contribution >= 0.6 is 15.9 Å². The summed E-state index contributed by atoms with van der Waals surface area (Å²) in [7, 11) is 2.07. The van der Waals surface area contributed by atoms with E-state index in [1.165, 1.54) is 11.1 Å². The largest absolute Gasteiger partial charge is 0.472 e. The zero-order valence-corrected chi connectivity index (χ0v) is 11.3. The first kappa shape index (κ1) is 12.2. The fourth-order valence-corrected chi connectivity index (χ4v) is 2.13. The summed E-state index contributed by atoms with van der Waals surface area (Å²) in [6, 6.07) is 7.85. The Morgan fingerprint density at radius 2 is 2.12 bits per heavy atom. The van der Waals surface area contributed by atoms with E-state index in [4.69, 9.17) is 10.2 Å². The van der Waals surface area contributed by atoms with Gasteiger partial charge in [-0.2, -0.15) is 0 Å². The Balaban J connectivity index is 2.02. The minimum absolute atomic E-state index is 0.792. The first-order valence-electron chi connectivity index (χ1n) is 5.38. The van der Waals surface area contributed by atoms with Crippen LogP contribution in [0.5, 0.6) is 0 Å². The molecule has 0 aliphatic rings. The third kappa shape index (κ3) is 3.35. The van der Waals surface area contributed by atoms with E-state index in [0.717, 1.165) is 23.2 Å². The Kier molecular flexibility index (Phi) is 3.86. The second kappa shape index (κ2) is 5.38. The highest BCUT2D eigenvalue weighted by molar-refractivity contribution is 9.10. The molecule has 0 atom stereocenters. The SMILES string of the molecule is CN(Cc1ccoc1)Cc1cc(N)ccc1Br. The van der Waals surface area contributed by atoms with Crippen molar-refractivity contribution in [2.75, 3.05) is 12.8 Å². The van der Waals surface area contributed by atoms with Crippen molar-refractivity contribution in [3.63, 3.8) is 0 Å². The van der Waals surface area contributed by atoms with Crippen LogP contribution in [0.4, 0.5) is 5.69 Å². The molecular weight excluding hydrogens is 280 g/mol. The molecule has 0 aliphatic carbocycles. The van der Waals surface area contributed by atoms with Gasteiger partial charge in [0, 0.05) is 28.8 Å². The van der Waals surface area contributed by atoms with Crippen molar-refractivity contribution in [1.29, 1.82) is 0 Å². The van der Waals surface area contributed by atoms with Crippen LogP contribution in [0.3, 0.4) is 0 Å². The maximum atomic E-state index is 5.78. The van der Waals surface area contributed by atoms with Gasteiger partial charge in [0.1, 0.15) is 0 Å². The molecule has 0 radical (unpaired) electrons. The van der Waals surface area contributed by atoms with Crippen LogP contribution in [0.1, 0.15) is 11.1 Å². The molecule has 0 aliphatic heterocycles. The number of anilines is 1. The summed E-state index contributed by atoms with van der Waals surface area (Å²) in [6.07, 6.45) is 3.46. The zero-order valence-electron chi connectivity index (χ0n) is 9.69. The molecule has 0 unspecified atom stereocenters. The smallest absolute Gasteiger partial charge is 0.0947 e. The van der Waals surface area contributed by atoms with Crippen LogP contribution in [0.15, 0.2) is 45.7 Å². The van der Waals surface area contributed by atoms with Crippen LogP contribution in [0.25, 0.3) is 0 Å². The molecule has 0 fully saturated rings. The predicted molar refractivity (Wildman–Crippen MR) is 72.4 cm³/mol. The third-order valence-electron chi connectivity index (χ3n) is 2.54. The summed E-state index contributed by atoms with van der Waals surface area (Å²) < 4.78 is 6.14. The maximum Gasteiger partial charge on any atom is 0.0947 e. The topological polar surface area (TPSA) is 42.4 Å². The number of hydrogen-bond donors (Lipinski definition) is 1. The Bertz CT molecular complexity index is 482. The van der Waals surface area contributed by atoms with E-state index in [-0.39, 0.29) is 0 Å². The highest BCUT2D eigenvalue weighted by atomic mass is 79.9. The predicted octanol–water partition coefficient (Wildman–Crippen LogP) is 3.26. The number of nitrogen functional groups attached to an aromatic ring is 1. The van der Waals surface area contributed by atoms with Crippen molar-refractivity contribution in [2.45, 2.75) is 13.1 Å². The van der Waals surface area contributed by atoms with E-state index < -0.39 is 0 Å². The molecule has 1 aromatic carbocycles. The maximum absolute atomic E-state index is 5.78. The van der Waals surface area contributed by atoms with E-state index in [9.17, 15) is 0 Å². The Labute approximate surface area is 109 Å². The van der Waals surface area contributed by atoms with Crippen molar-refractivity contribution in [2.24, 2.45) is 0 Å². The lowest BCUT2D eigenvalue weighted by molar-refractivity contribution is 0.317. The molecule has 2 N–H and O–H groups in total. The summed E-state index contributed by atoms with van der Waals surface area (Å²) in [4.78, 5) is 2.21. The lowest BCUT2D eigenvalue weighted by atomic mass is 10.2. The number of nitrogens with two attached hydrogens (primary N) is 1. The standard InChI is InChI=1S/C13H15BrN2O/c1-16(7-10-4-5-17-9-10)8-11-6-12(15)2-3-13(11)14/h2-6,9H,7-8,15H2,1H3. The van der Waals surface area contributed by atoms with Crippen molar-refractivity contribution < 1.29 is 4.42 Å². The van der Waals surface area contributed by atoms with Crippen LogP contribution in [0.2, 0.25) is 0 Å². The summed E-state index contributed by atoms with van der Waals surface area (Å²) in [5.41, 5.74) is 8.94. The van der Waals surface area contributed by atoms with E-state index in [0.29, 0.717) is 0 Å². The minimum Gasteiger partial charge on any atom is -0.472 e. The third-order valence-corrected chi connectivity index (χ3v) is 3.32. The molecule has 0 bridgehead atoms. The summed E-state index contributed by atoms with van der Waals surface area (Å²) in [5.74, 6) is 0. The highest BCUT2D eigenvalue weighted by Gasteiger charge is 2.06. The van der Waals surface area contributed by atoms with E-state index in [1.807, 2.05) is 24.3 Å². The van der Waals surface area contributed by atoms with E-state index in [2.05, 4.69) is 27.9 Å². The molecule has 2 aromatic rings. The van der Waals surface area contributed by atoms with Gasteiger partial charge in [-0.1, -0.05) is 15.9 Å². The van der Waals surface area contributed by atoms with Gasteiger partial charge in [0.2, 0.25) is 0 Å². The summed E-state index contributed by atoms with van der Waals surface area (Å²) in [5, 5.41) is 0. The fraction of sp³-hybridized carbons (Fsp3) is 0.231. The van der Waals surface area contributed by atoms with Gasteiger partial charge in [0.25, 0.3) is 0 Å². The van der Waals surface area contributed by atoms with E-state index in [1.54, 1.807) is 12.5 Å². The van der Waals surface area contributed by atoms with Crippen molar-refractivity contribution >= 4 is 21.6 Å². The molecule has 0 amide bonds. The van der Waals surface area contributed by atoms with Crippen LogP contribution in [0, 0.1) is 0 Å². The summed E-state index contributed by atoms with van der Waals surface area (Å²) in [6.45, 7) is 1.70. The van der Waals surface area contributed by atoms with Crippen molar-refractivity contribution in [3.8, 4) is 0 Å². The lowest BCUT2D eigenvalue weighted by Gasteiger charge is -2.17. The average Bonchev–Trinajstić information content (AvgIpc) is 2.76. The van der Waals surface area contributed by atoms with E-state index >= 15 is 0 Å². The Morgan fingerprint density at radius 1 is 1.29 bits per heavy atom. The first-order chi connectivity index (χ1) is 8.15. The molecule has 1 heterocycles. The normalized spacial score (nSPS) is 11.0. The van der Waals surface area contributed by atoms with Gasteiger partial charge < -0.3 is 10.2 Å². The minimum atomic E-state index is 0.792. The van der Waals surface area contributed by atoms with Gasteiger partial charge in [-0.15, -0.1) is 0 Å². The number of rotatable bonds is 4. The van der Waals surface area contributed by atoms with Crippen molar-refractivity contribution in [3.05, 3.63) is 52.4 Å². The molecule has 4 heteroatoms. The van der Waals surface area contributed by atoms with Gasteiger partial charge >= 0.3 is 0 Å². The number of furan rings is 1. The quantitative estimate of drug-likeness (QED) is 0.880. The molecule has 17 heavy (non-hydrogen) atoms. The second-order valence-electron chi connectivity index (χ2n) is 4.15. The second-order valence-corrected chi connectivity index (χ2v) is 5.01. The van der Waals surface area contributed by atoms with Crippen molar-refractivity contribution in [1.82, 2.24) is 4.90 Å². The first-order valence-corrected chi connectivity index (χ1v) is 6.18. The zero-order chi connectivity index (χ0) is 12.3. The van der Waals surface area contributed by atoms with Gasteiger partial charge in [-0.3, -0.25) is 4.90 Å². The molecule has 0 spiro atoms. The van der Waals surface area contributed by atoms with Crippen LogP contribution in [-0.4, -0.2) is 11.9 Å². The molecule has 1 aromatic heterocycles. The van der Waals surface area contributed by atoms with Crippen LogP contribution < -0.4 is 5.73 Å².